The van der Waals surface area contributed by atoms with Gasteiger partial charge in [-0.3, -0.25) is 4.52 Å². The fourth-order valence-electron chi connectivity index (χ4n) is 1.99. The van der Waals surface area contributed by atoms with Crippen molar-refractivity contribution >= 4 is 21.7 Å². The summed E-state index contributed by atoms with van der Waals surface area (Å²) in [5.74, 6) is -0.954. The number of hydrogen-bond acceptors (Lipinski definition) is 8. The van der Waals surface area contributed by atoms with E-state index >= 15 is 0 Å². The molecule has 1 aromatic carbocycles. The number of hydrogen-bond donors (Lipinski definition) is 2. The van der Waals surface area contributed by atoms with Gasteiger partial charge in [-0.25, -0.2) is 18.4 Å². The highest BCUT2D eigenvalue weighted by Gasteiger charge is 2.22. The lowest BCUT2D eigenvalue weighted by molar-refractivity contribution is 0.292. The summed E-state index contributed by atoms with van der Waals surface area (Å²) in [4.78, 5) is 12.0. The Morgan fingerprint density at radius 2 is 1.93 bits per heavy atom. The number of nitrogens with one attached hydrogen (secondary N) is 1. The SMILES string of the molecule is CC.CC.O=c1onc(-c2nonc2NCCCO)n1-c1ccc(F)c(Br)c1. The largest absolute Gasteiger partial charge is 0.446 e. The maximum atomic E-state index is 13.4. The minimum atomic E-state index is -0.771. The zero-order chi connectivity index (χ0) is 21.1. The Labute approximate surface area is 169 Å². The fourth-order valence-corrected chi connectivity index (χ4v) is 2.36. The van der Waals surface area contributed by atoms with Gasteiger partial charge in [-0.2, -0.15) is 0 Å². The van der Waals surface area contributed by atoms with Crippen molar-refractivity contribution in [2.45, 2.75) is 34.1 Å². The molecule has 0 spiro atoms. The molecular formula is C17H23BrFN5O4. The van der Waals surface area contributed by atoms with E-state index in [1.165, 1.54) is 18.2 Å². The average molecular weight is 460 g/mol. The predicted molar refractivity (Wildman–Crippen MR) is 106 cm³/mol. The van der Waals surface area contributed by atoms with Crippen LogP contribution in [0.15, 0.2) is 36.6 Å². The molecule has 0 fully saturated rings. The molecule has 28 heavy (non-hydrogen) atoms. The molecule has 0 radical (unpaired) electrons. The van der Waals surface area contributed by atoms with E-state index in [4.69, 9.17) is 9.63 Å². The van der Waals surface area contributed by atoms with Crippen LogP contribution in [-0.4, -0.2) is 38.3 Å². The van der Waals surface area contributed by atoms with Crippen LogP contribution in [0.5, 0.6) is 0 Å². The molecule has 11 heteroatoms. The monoisotopic (exact) mass is 459 g/mol. The van der Waals surface area contributed by atoms with Crippen molar-refractivity contribution in [3.8, 4) is 17.2 Å². The summed E-state index contributed by atoms with van der Waals surface area (Å²) in [6, 6.07) is 4.00. The van der Waals surface area contributed by atoms with E-state index in [1.807, 2.05) is 27.7 Å². The quantitative estimate of drug-likeness (QED) is 0.536. The van der Waals surface area contributed by atoms with Crippen LogP contribution in [-0.2, 0) is 0 Å². The van der Waals surface area contributed by atoms with Gasteiger partial charge in [-0.05, 0) is 50.9 Å². The number of nitrogens with zero attached hydrogens (tertiary/aromatic N) is 4. The van der Waals surface area contributed by atoms with E-state index in [0.717, 1.165) is 4.57 Å². The lowest BCUT2D eigenvalue weighted by atomic mass is 10.3. The number of aliphatic hydroxyl groups is 1. The number of aliphatic hydroxyl groups excluding tert-OH is 1. The molecule has 0 atom stereocenters. The van der Waals surface area contributed by atoms with Crippen LogP contribution in [0.2, 0.25) is 0 Å². The lowest BCUT2D eigenvalue weighted by Gasteiger charge is -2.05. The van der Waals surface area contributed by atoms with Crippen molar-refractivity contribution in [3.05, 3.63) is 39.0 Å². The molecule has 0 bridgehead atoms. The van der Waals surface area contributed by atoms with E-state index in [1.54, 1.807) is 0 Å². The molecule has 3 aromatic rings. The molecule has 0 saturated heterocycles. The maximum absolute atomic E-state index is 13.4. The Hall–Kier alpha value is -2.53. The highest BCUT2D eigenvalue weighted by molar-refractivity contribution is 9.10. The number of halogens is 2. The Kier molecular flexibility index (Phi) is 10.1. The Morgan fingerprint density at radius 1 is 1.21 bits per heavy atom. The van der Waals surface area contributed by atoms with Gasteiger partial charge in [0, 0.05) is 13.2 Å². The zero-order valence-corrected chi connectivity index (χ0v) is 17.7. The summed E-state index contributed by atoms with van der Waals surface area (Å²) >= 11 is 3.06. The van der Waals surface area contributed by atoms with Gasteiger partial charge in [-0.15, -0.1) is 0 Å². The molecule has 0 saturated carbocycles. The number of benzene rings is 1. The van der Waals surface area contributed by atoms with Crippen LogP contribution in [0.3, 0.4) is 0 Å². The fraction of sp³-hybridized carbons (Fsp3) is 0.412. The van der Waals surface area contributed by atoms with Crippen LogP contribution in [0.4, 0.5) is 10.2 Å². The molecule has 2 N–H and O–H groups in total. The molecule has 2 aromatic heterocycles. The highest BCUT2D eigenvalue weighted by atomic mass is 79.9. The first-order chi connectivity index (χ1) is 13.6. The van der Waals surface area contributed by atoms with E-state index in [0.29, 0.717) is 18.7 Å². The van der Waals surface area contributed by atoms with Crippen LogP contribution in [0.1, 0.15) is 34.1 Å². The van der Waals surface area contributed by atoms with Gasteiger partial charge in [0.25, 0.3) is 0 Å². The summed E-state index contributed by atoms with van der Waals surface area (Å²) in [7, 11) is 0. The smallest absolute Gasteiger partial charge is 0.396 e. The second-order valence-corrected chi connectivity index (χ2v) is 5.53. The van der Waals surface area contributed by atoms with E-state index in [-0.39, 0.29) is 28.4 Å². The summed E-state index contributed by atoms with van der Waals surface area (Å²) in [6.45, 7) is 8.42. The summed E-state index contributed by atoms with van der Waals surface area (Å²) < 4.78 is 24.1. The molecule has 154 valence electrons. The minimum Gasteiger partial charge on any atom is -0.396 e. The first kappa shape index (κ1) is 23.5. The number of rotatable bonds is 6. The van der Waals surface area contributed by atoms with Gasteiger partial charge in [-0.1, -0.05) is 32.9 Å². The maximum Gasteiger partial charge on any atom is 0.446 e. The third-order valence-corrected chi connectivity index (χ3v) is 3.70. The second kappa shape index (κ2) is 12.0. The Bertz CT molecular complexity index is 909. The number of anilines is 1. The van der Waals surface area contributed by atoms with Crippen LogP contribution < -0.4 is 11.1 Å². The van der Waals surface area contributed by atoms with Crippen molar-refractivity contribution in [2.75, 3.05) is 18.5 Å². The van der Waals surface area contributed by atoms with E-state index in [9.17, 15) is 9.18 Å². The van der Waals surface area contributed by atoms with Crippen LogP contribution >= 0.6 is 15.9 Å². The first-order valence-electron chi connectivity index (χ1n) is 8.83. The topological polar surface area (TPSA) is 119 Å². The summed E-state index contributed by atoms with van der Waals surface area (Å²) in [5, 5.41) is 22.8. The van der Waals surface area contributed by atoms with Crippen LogP contribution in [0.25, 0.3) is 17.2 Å². The molecule has 0 aliphatic heterocycles. The van der Waals surface area contributed by atoms with Crippen molar-refractivity contribution in [1.29, 1.82) is 0 Å². The minimum absolute atomic E-state index is 0.00584. The standard InChI is InChI=1S/C13H11BrFN5O4.2C2H6/c14-8-6-7(2-3-9(8)15)20-12(19-23-13(20)22)10-11(18-24-17-10)16-4-1-5-21;2*1-2/h2-3,6,21H,1,4-5H2,(H,16,18);2*1-2H3. The van der Waals surface area contributed by atoms with Gasteiger partial charge < -0.3 is 10.4 Å². The third-order valence-electron chi connectivity index (χ3n) is 3.09. The third kappa shape index (κ3) is 5.49. The first-order valence-corrected chi connectivity index (χ1v) is 9.63. The molecule has 2 heterocycles. The van der Waals surface area contributed by atoms with Crippen molar-refractivity contribution in [3.63, 3.8) is 0 Å². The van der Waals surface area contributed by atoms with Crippen LogP contribution in [0, 0.1) is 5.82 Å². The van der Waals surface area contributed by atoms with Gasteiger partial charge in [0.05, 0.1) is 10.2 Å². The molecule has 3 rings (SSSR count). The van der Waals surface area contributed by atoms with Crippen molar-refractivity contribution in [2.24, 2.45) is 0 Å². The lowest BCUT2D eigenvalue weighted by Crippen LogP contribution is -2.14. The van der Waals surface area contributed by atoms with Crippen molar-refractivity contribution < 1.29 is 18.6 Å². The summed E-state index contributed by atoms with van der Waals surface area (Å²) in [6.07, 6.45) is 0.489. The summed E-state index contributed by atoms with van der Waals surface area (Å²) in [5.41, 5.74) is 0.480. The molecule has 0 aliphatic rings. The van der Waals surface area contributed by atoms with Gasteiger partial charge in [0.15, 0.2) is 5.69 Å². The van der Waals surface area contributed by atoms with E-state index < -0.39 is 11.6 Å². The molecule has 0 amide bonds. The molecule has 0 aliphatic carbocycles. The number of aromatic nitrogens is 4. The van der Waals surface area contributed by atoms with Crippen molar-refractivity contribution in [1.82, 2.24) is 20.0 Å². The predicted octanol–water partition coefficient (Wildman–Crippen LogP) is 3.62. The molecule has 9 nitrogen and oxygen atoms in total. The van der Waals surface area contributed by atoms with Gasteiger partial charge >= 0.3 is 5.76 Å². The second-order valence-electron chi connectivity index (χ2n) is 4.67. The van der Waals surface area contributed by atoms with Gasteiger partial charge in [0.2, 0.25) is 11.6 Å². The highest BCUT2D eigenvalue weighted by Crippen LogP contribution is 2.26. The average Bonchev–Trinajstić information content (AvgIpc) is 3.33. The van der Waals surface area contributed by atoms with Gasteiger partial charge in [0.1, 0.15) is 5.82 Å². The molecule has 0 unspecified atom stereocenters. The Balaban J connectivity index is 0.000000921. The Morgan fingerprint density at radius 3 is 2.57 bits per heavy atom. The zero-order valence-electron chi connectivity index (χ0n) is 16.1. The van der Waals surface area contributed by atoms with E-state index in [2.05, 4.69) is 41.3 Å². The molecular weight excluding hydrogens is 437 g/mol. The normalized spacial score (nSPS) is 9.82.